The summed E-state index contributed by atoms with van der Waals surface area (Å²) in [5.74, 6) is 0. The summed E-state index contributed by atoms with van der Waals surface area (Å²) < 4.78 is 0. The second kappa shape index (κ2) is 7.16. The van der Waals surface area contributed by atoms with Crippen LogP contribution in [-0.2, 0) is 6.54 Å². The Hall–Kier alpha value is -1.36. The van der Waals surface area contributed by atoms with Crippen molar-refractivity contribution in [2.75, 3.05) is 6.54 Å². The summed E-state index contributed by atoms with van der Waals surface area (Å²) in [6.45, 7) is 1.22. The average Bonchev–Trinajstić information content (AvgIpc) is 2.91. The van der Waals surface area contributed by atoms with E-state index in [1.807, 2.05) is 5.38 Å². The fraction of sp³-hybridized carbons (Fsp3) is 0.538. The lowest BCUT2D eigenvalue weighted by Crippen LogP contribution is -2.35. The second-order valence-electron chi connectivity index (χ2n) is 4.45. The van der Waals surface area contributed by atoms with Crippen LogP contribution < -0.4 is 10.6 Å². The second-order valence-corrected chi connectivity index (χ2v) is 5.17. The molecule has 0 aliphatic heterocycles. The quantitative estimate of drug-likeness (QED) is 0.804. The van der Waals surface area contributed by atoms with Crippen LogP contribution in [0.15, 0.2) is 22.5 Å². The summed E-state index contributed by atoms with van der Waals surface area (Å²) in [6.07, 6.45) is 8.29. The van der Waals surface area contributed by atoms with Crippen LogP contribution in [0.2, 0.25) is 0 Å². The molecule has 5 heteroatoms. The maximum atomic E-state index is 11.5. The highest BCUT2D eigenvalue weighted by Crippen LogP contribution is 2.19. The van der Waals surface area contributed by atoms with Crippen LogP contribution in [-0.4, -0.2) is 17.6 Å². The number of aromatic nitrogens is 1. The van der Waals surface area contributed by atoms with E-state index in [0.29, 0.717) is 13.1 Å². The molecule has 2 amide bonds. The van der Waals surface area contributed by atoms with Gasteiger partial charge in [-0.15, -0.1) is 11.3 Å². The molecule has 0 atom stereocenters. The van der Waals surface area contributed by atoms with Gasteiger partial charge in [-0.1, -0.05) is 11.6 Å². The SMILES string of the molecule is O=C(NCCC1=CCCCC1)NCc1cscn1. The molecule has 0 spiro atoms. The van der Waals surface area contributed by atoms with Crippen LogP contribution in [0.4, 0.5) is 4.79 Å². The van der Waals surface area contributed by atoms with Gasteiger partial charge in [0.05, 0.1) is 17.7 Å². The first kappa shape index (κ1) is 13.1. The fourth-order valence-electron chi connectivity index (χ4n) is 2.03. The molecule has 1 aliphatic rings. The highest BCUT2D eigenvalue weighted by Gasteiger charge is 2.05. The molecule has 0 fully saturated rings. The van der Waals surface area contributed by atoms with E-state index >= 15 is 0 Å². The van der Waals surface area contributed by atoms with Gasteiger partial charge in [0.15, 0.2) is 0 Å². The van der Waals surface area contributed by atoms with Crippen molar-refractivity contribution >= 4 is 17.4 Å². The maximum absolute atomic E-state index is 11.5. The largest absolute Gasteiger partial charge is 0.338 e. The van der Waals surface area contributed by atoms with E-state index in [1.165, 1.54) is 42.6 Å². The number of amides is 2. The first-order valence-electron chi connectivity index (χ1n) is 6.41. The Morgan fingerprint density at radius 1 is 1.39 bits per heavy atom. The van der Waals surface area contributed by atoms with Crippen molar-refractivity contribution in [1.82, 2.24) is 15.6 Å². The number of carbonyl (C=O) groups excluding carboxylic acids is 1. The summed E-state index contributed by atoms with van der Waals surface area (Å²) in [5.41, 5.74) is 4.16. The van der Waals surface area contributed by atoms with Crippen molar-refractivity contribution in [1.29, 1.82) is 0 Å². The molecule has 1 aromatic rings. The van der Waals surface area contributed by atoms with Gasteiger partial charge in [0.1, 0.15) is 0 Å². The Kier molecular flexibility index (Phi) is 5.20. The molecule has 0 saturated heterocycles. The van der Waals surface area contributed by atoms with Gasteiger partial charge >= 0.3 is 6.03 Å². The van der Waals surface area contributed by atoms with E-state index in [4.69, 9.17) is 0 Å². The van der Waals surface area contributed by atoms with Crippen molar-refractivity contribution < 1.29 is 4.79 Å². The molecule has 2 N–H and O–H groups in total. The first-order valence-corrected chi connectivity index (χ1v) is 7.35. The molecule has 0 unspecified atom stereocenters. The molecule has 18 heavy (non-hydrogen) atoms. The number of allylic oxidation sites excluding steroid dienone is 1. The number of nitrogens with zero attached hydrogens (tertiary/aromatic N) is 1. The molecule has 0 radical (unpaired) electrons. The smallest absolute Gasteiger partial charge is 0.315 e. The van der Waals surface area contributed by atoms with Gasteiger partial charge in [-0.3, -0.25) is 0 Å². The van der Waals surface area contributed by atoms with Gasteiger partial charge < -0.3 is 10.6 Å². The Bertz CT molecular complexity index is 400. The number of carbonyl (C=O) groups is 1. The average molecular weight is 265 g/mol. The molecule has 1 aromatic heterocycles. The molecule has 98 valence electrons. The van der Waals surface area contributed by atoms with Crippen LogP contribution in [0, 0.1) is 0 Å². The van der Waals surface area contributed by atoms with Gasteiger partial charge in [0.2, 0.25) is 0 Å². The van der Waals surface area contributed by atoms with Crippen LogP contribution in [0.5, 0.6) is 0 Å². The number of hydrogen-bond acceptors (Lipinski definition) is 3. The minimum atomic E-state index is -0.112. The molecule has 1 heterocycles. The van der Waals surface area contributed by atoms with Crippen LogP contribution in [0.25, 0.3) is 0 Å². The third kappa shape index (κ3) is 4.49. The van der Waals surface area contributed by atoms with E-state index in [1.54, 1.807) is 5.51 Å². The monoisotopic (exact) mass is 265 g/mol. The molecule has 0 aromatic carbocycles. The van der Waals surface area contributed by atoms with Gasteiger partial charge in [-0.05, 0) is 32.1 Å². The van der Waals surface area contributed by atoms with Crippen molar-refractivity contribution in [3.05, 3.63) is 28.2 Å². The standard InChI is InChI=1S/C13H19N3OS/c17-13(15-8-12-9-18-10-16-12)14-7-6-11-4-2-1-3-5-11/h4,9-10H,1-3,5-8H2,(H2,14,15,17). The third-order valence-corrected chi connectivity index (χ3v) is 3.67. The summed E-state index contributed by atoms with van der Waals surface area (Å²) in [4.78, 5) is 15.6. The summed E-state index contributed by atoms with van der Waals surface area (Å²) in [5, 5.41) is 7.61. The van der Waals surface area contributed by atoms with E-state index < -0.39 is 0 Å². The Balaban J connectivity index is 1.58. The molecule has 0 bridgehead atoms. The van der Waals surface area contributed by atoms with E-state index in [0.717, 1.165) is 12.1 Å². The number of nitrogens with one attached hydrogen (secondary N) is 2. The number of rotatable bonds is 5. The summed E-state index contributed by atoms with van der Waals surface area (Å²) in [6, 6.07) is -0.112. The molecule has 2 rings (SSSR count). The fourth-order valence-corrected chi connectivity index (χ4v) is 2.58. The van der Waals surface area contributed by atoms with Gasteiger partial charge in [0, 0.05) is 11.9 Å². The van der Waals surface area contributed by atoms with Crippen LogP contribution in [0.1, 0.15) is 37.8 Å². The molecule has 0 saturated carbocycles. The lowest BCUT2D eigenvalue weighted by atomic mass is 9.97. The maximum Gasteiger partial charge on any atom is 0.315 e. The first-order chi connectivity index (χ1) is 8.84. The van der Waals surface area contributed by atoms with E-state index in [-0.39, 0.29) is 6.03 Å². The van der Waals surface area contributed by atoms with Crippen molar-refractivity contribution in [3.63, 3.8) is 0 Å². The topological polar surface area (TPSA) is 54.0 Å². The molecular formula is C13H19N3OS. The number of urea groups is 1. The van der Waals surface area contributed by atoms with Gasteiger partial charge in [0.25, 0.3) is 0 Å². The molecule has 4 nitrogen and oxygen atoms in total. The highest BCUT2D eigenvalue weighted by atomic mass is 32.1. The zero-order chi connectivity index (χ0) is 12.6. The Labute approximate surface area is 112 Å². The summed E-state index contributed by atoms with van der Waals surface area (Å²) >= 11 is 1.54. The number of hydrogen-bond donors (Lipinski definition) is 2. The van der Waals surface area contributed by atoms with Crippen molar-refractivity contribution in [3.8, 4) is 0 Å². The van der Waals surface area contributed by atoms with Crippen LogP contribution >= 0.6 is 11.3 Å². The molecular weight excluding hydrogens is 246 g/mol. The van der Waals surface area contributed by atoms with Gasteiger partial charge in [-0.25, -0.2) is 9.78 Å². The zero-order valence-electron chi connectivity index (χ0n) is 10.4. The van der Waals surface area contributed by atoms with Crippen LogP contribution in [0.3, 0.4) is 0 Å². The van der Waals surface area contributed by atoms with E-state index in [9.17, 15) is 4.79 Å². The minimum absolute atomic E-state index is 0.112. The molecule has 1 aliphatic carbocycles. The Morgan fingerprint density at radius 2 is 2.33 bits per heavy atom. The lowest BCUT2D eigenvalue weighted by molar-refractivity contribution is 0.240. The minimum Gasteiger partial charge on any atom is -0.338 e. The normalized spacial score (nSPS) is 15.0. The number of thiazole rings is 1. The highest BCUT2D eigenvalue weighted by molar-refractivity contribution is 7.07. The van der Waals surface area contributed by atoms with Crippen molar-refractivity contribution in [2.24, 2.45) is 0 Å². The third-order valence-electron chi connectivity index (χ3n) is 3.03. The summed E-state index contributed by atoms with van der Waals surface area (Å²) in [7, 11) is 0. The van der Waals surface area contributed by atoms with Crippen molar-refractivity contribution in [2.45, 2.75) is 38.6 Å². The Morgan fingerprint density at radius 3 is 3.06 bits per heavy atom. The van der Waals surface area contributed by atoms with E-state index in [2.05, 4.69) is 21.7 Å². The predicted octanol–water partition coefficient (Wildman–Crippen LogP) is 2.83. The van der Waals surface area contributed by atoms with Gasteiger partial charge in [-0.2, -0.15) is 0 Å². The zero-order valence-corrected chi connectivity index (χ0v) is 11.3. The predicted molar refractivity (Wildman–Crippen MR) is 73.5 cm³/mol. The lowest BCUT2D eigenvalue weighted by Gasteiger charge is -2.13.